The van der Waals surface area contributed by atoms with Crippen molar-refractivity contribution in [3.8, 4) is 11.5 Å². The second-order valence-electron chi connectivity index (χ2n) is 4.55. The van der Waals surface area contributed by atoms with Crippen molar-refractivity contribution in [1.29, 1.82) is 0 Å². The first-order chi connectivity index (χ1) is 11.2. The third kappa shape index (κ3) is 7.58. The normalized spacial score (nSPS) is 9.91. The van der Waals surface area contributed by atoms with E-state index in [1.165, 1.54) is 0 Å². The molecule has 0 aliphatic rings. The Morgan fingerprint density at radius 1 is 0.913 bits per heavy atom. The number of aldehydes is 1. The topological polar surface area (TPSA) is 44.8 Å². The Morgan fingerprint density at radius 3 is 2.04 bits per heavy atom. The highest BCUT2D eigenvalue weighted by atomic mass is 16.7. The summed E-state index contributed by atoms with van der Waals surface area (Å²) in [4.78, 5) is 10.7. The van der Waals surface area contributed by atoms with Crippen LogP contribution in [0.15, 0.2) is 54.6 Å². The van der Waals surface area contributed by atoms with E-state index in [0.717, 1.165) is 25.2 Å². The molecule has 0 fully saturated rings. The number of para-hydroxylation sites is 2. The Labute approximate surface area is 138 Å². The van der Waals surface area contributed by atoms with E-state index < -0.39 is 0 Å². The molecular weight excluding hydrogens is 292 g/mol. The van der Waals surface area contributed by atoms with Gasteiger partial charge in [0.05, 0.1) is 5.56 Å². The number of hydrogen-bond donors (Lipinski definition) is 0. The van der Waals surface area contributed by atoms with E-state index >= 15 is 0 Å². The average Bonchev–Trinajstić information content (AvgIpc) is 2.57. The molecule has 0 saturated heterocycles. The van der Waals surface area contributed by atoms with Gasteiger partial charge in [-0.2, -0.15) is 0 Å². The van der Waals surface area contributed by atoms with Crippen LogP contribution in [0.5, 0.6) is 11.5 Å². The van der Waals surface area contributed by atoms with Crippen LogP contribution < -0.4 is 4.74 Å². The Balaban J connectivity index is 0.000000284. The van der Waals surface area contributed by atoms with Crippen LogP contribution >= 0.6 is 0 Å². The molecule has 124 valence electrons. The van der Waals surface area contributed by atoms with Crippen LogP contribution in [-0.4, -0.2) is 25.8 Å². The minimum Gasteiger partial charge on any atom is -0.457 e. The fraction of sp³-hybridized carbons (Fsp3) is 0.316. The van der Waals surface area contributed by atoms with Crippen molar-refractivity contribution in [2.75, 3.05) is 13.2 Å². The maximum absolute atomic E-state index is 10.7. The highest BCUT2D eigenvalue weighted by Crippen LogP contribution is 2.23. The van der Waals surface area contributed by atoms with Gasteiger partial charge in [0.2, 0.25) is 0 Å². The van der Waals surface area contributed by atoms with Gasteiger partial charge in [0, 0.05) is 13.2 Å². The molecule has 0 aliphatic carbocycles. The zero-order valence-corrected chi connectivity index (χ0v) is 13.9. The van der Waals surface area contributed by atoms with Gasteiger partial charge in [-0.1, -0.05) is 30.3 Å². The van der Waals surface area contributed by atoms with Gasteiger partial charge in [0.25, 0.3) is 0 Å². The smallest absolute Gasteiger partial charge is 0.154 e. The van der Waals surface area contributed by atoms with Crippen LogP contribution in [-0.2, 0) is 9.47 Å². The summed E-state index contributed by atoms with van der Waals surface area (Å²) >= 11 is 0. The number of ether oxygens (including phenoxy) is 3. The van der Waals surface area contributed by atoms with Crippen molar-refractivity contribution in [2.45, 2.75) is 27.1 Å². The molecule has 0 heterocycles. The average molecular weight is 316 g/mol. The van der Waals surface area contributed by atoms with E-state index in [1.54, 1.807) is 12.1 Å². The highest BCUT2D eigenvalue weighted by molar-refractivity contribution is 5.79. The predicted molar refractivity (Wildman–Crippen MR) is 91.1 cm³/mol. The number of hydrogen-bond acceptors (Lipinski definition) is 4. The third-order valence-corrected chi connectivity index (χ3v) is 2.82. The highest BCUT2D eigenvalue weighted by Gasteiger charge is 2.01. The van der Waals surface area contributed by atoms with Gasteiger partial charge >= 0.3 is 0 Å². The summed E-state index contributed by atoms with van der Waals surface area (Å²) in [6.45, 7) is 7.25. The second kappa shape index (κ2) is 11.4. The largest absolute Gasteiger partial charge is 0.457 e. The van der Waals surface area contributed by atoms with Gasteiger partial charge in [-0.15, -0.1) is 0 Å². The zero-order chi connectivity index (χ0) is 16.9. The number of benzene rings is 2. The van der Waals surface area contributed by atoms with Crippen LogP contribution in [0.25, 0.3) is 0 Å². The van der Waals surface area contributed by atoms with E-state index in [0.29, 0.717) is 11.3 Å². The van der Waals surface area contributed by atoms with Gasteiger partial charge < -0.3 is 14.2 Å². The molecule has 23 heavy (non-hydrogen) atoms. The lowest BCUT2D eigenvalue weighted by Crippen LogP contribution is -2.11. The van der Waals surface area contributed by atoms with Gasteiger partial charge in [-0.25, -0.2) is 0 Å². The van der Waals surface area contributed by atoms with Crippen LogP contribution in [0.4, 0.5) is 0 Å². The molecule has 0 amide bonds. The van der Waals surface area contributed by atoms with Crippen LogP contribution in [0, 0.1) is 0 Å². The summed E-state index contributed by atoms with van der Waals surface area (Å²) in [6, 6.07) is 16.5. The monoisotopic (exact) mass is 316 g/mol. The van der Waals surface area contributed by atoms with Crippen molar-refractivity contribution >= 4 is 6.29 Å². The lowest BCUT2D eigenvalue weighted by atomic mass is 10.2. The first kappa shape index (κ1) is 18.9. The predicted octanol–water partition coefficient (Wildman–Crippen LogP) is 4.70. The SMILES string of the molecule is CCOC(C)OCC.O=Cc1ccccc1Oc1ccccc1. The Morgan fingerprint density at radius 2 is 1.48 bits per heavy atom. The van der Waals surface area contributed by atoms with E-state index in [9.17, 15) is 4.79 Å². The van der Waals surface area contributed by atoms with Crippen molar-refractivity contribution in [1.82, 2.24) is 0 Å². The van der Waals surface area contributed by atoms with Gasteiger partial charge in [-0.3, -0.25) is 4.79 Å². The van der Waals surface area contributed by atoms with E-state index in [4.69, 9.17) is 14.2 Å². The van der Waals surface area contributed by atoms with Crippen molar-refractivity contribution in [3.05, 3.63) is 60.2 Å². The molecule has 4 nitrogen and oxygen atoms in total. The summed E-state index contributed by atoms with van der Waals surface area (Å²) in [5, 5.41) is 0. The van der Waals surface area contributed by atoms with Crippen LogP contribution in [0.2, 0.25) is 0 Å². The molecule has 2 aromatic rings. The first-order valence-electron chi connectivity index (χ1n) is 7.71. The molecule has 0 aliphatic heterocycles. The fourth-order valence-electron chi connectivity index (χ4n) is 1.80. The molecule has 0 N–H and O–H groups in total. The molecule has 4 heteroatoms. The molecular formula is C19H24O4. The lowest BCUT2D eigenvalue weighted by molar-refractivity contribution is -0.123. The number of carbonyl (C=O) groups is 1. The Bertz CT molecular complexity index is 548. The Hall–Kier alpha value is -2.17. The quantitative estimate of drug-likeness (QED) is 0.549. The van der Waals surface area contributed by atoms with Gasteiger partial charge in [0.15, 0.2) is 12.6 Å². The van der Waals surface area contributed by atoms with E-state index in [2.05, 4.69) is 0 Å². The second-order valence-corrected chi connectivity index (χ2v) is 4.55. The number of carbonyl (C=O) groups excluding carboxylic acids is 1. The molecule has 0 atom stereocenters. The molecule has 0 radical (unpaired) electrons. The van der Waals surface area contributed by atoms with Gasteiger partial charge in [-0.05, 0) is 45.0 Å². The molecule has 0 saturated carbocycles. The Kier molecular flexibility index (Phi) is 9.36. The third-order valence-electron chi connectivity index (χ3n) is 2.82. The minimum absolute atomic E-state index is 0.0370. The zero-order valence-electron chi connectivity index (χ0n) is 13.9. The van der Waals surface area contributed by atoms with Crippen LogP contribution in [0.1, 0.15) is 31.1 Å². The van der Waals surface area contributed by atoms with Crippen molar-refractivity contribution < 1.29 is 19.0 Å². The molecule has 0 aromatic heterocycles. The maximum atomic E-state index is 10.7. The maximum Gasteiger partial charge on any atom is 0.154 e. The standard InChI is InChI=1S/C13H10O2.C6H14O2/c14-10-11-6-4-5-9-13(11)15-12-7-2-1-3-8-12;1-4-7-6(3)8-5-2/h1-10H;6H,4-5H2,1-3H3. The molecule has 2 aromatic carbocycles. The fourth-order valence-corrected chi connectivity index (χ4v) is 1.80. The summed E-state index contributed by atoms with van der Waals surface area (Å²) in [6.07, 6.45) is 0.753. The molecule has 0 spiro atoms. The molecule has 0 unspecified atom stereocenters. The van der Waals surface area contributed by atoms with Crippen molar-refractivity contribution in [3.63, 3.8) is 0 Å². The summed E-state index contributed by atoms with van der Waals surface area (Å²) < 4.78 is 15.7. The molecule has 2 rings (SSSR count). The summed E-state index contributed by atoms with van der Waals surface area (Å²) in [5.41, 5.74) is 0.557. The first-order valence-corrected chi connectivity index (χ1v) is 7.71. The van der Waals surface area contributed by atoms with Crippen molar-refractivity contribution in [2.24, 2.45) is 0 Å². The summed E-state index contributed by atoms with van der Waals surface area (Å²) in [5.74, 6) is 1.31. The van der Waals surface area contributed by atoms with Gasteiger partial charge in [0.1, 0.15) is 11.5 Å². The lowest BCUT2D eigenvalue weighted by Gasteiger charge is -2.09. The van der Waals surface area contributed by atoms with E-state index in [1.807, 2.05) is 63.2 Å². The number of rotatable bonds is 7. The minimum atomic E-state index is -0.0370. The molecule has 0 bridgehead atoms. The summed E-state index contributed by atoms with van der Waals surface area (Å²) in [7, 11) is 0. The van der Waals surface area contributed by atoms with Crippen LogP contribution in [0.3, 0.4) is 0 Å². The van der Waals surface area contributed by atoms with E-state index in [-0.39, 0.29) is 6.29 Å².